The third-order valence-electron chi connectivity index (χ3n) is 4.22. The van der Waals surface area contributed by atoms with Gasteiger partial charge in [-0.1, -0.05) is 19.1 Å². The van der Waals surface area contributed by atoms with Crippen molar-refractivity contribution in [2.24, 2.45) is 0 Å². The van der Waals surface area contributed by atoms with Gasteiger partial charge in [0.05, 0.1) is 18.4 Å². The Hall–Kier alpha value is -1.97. The van der Waals surface area contributed by atoms with Crippen LogP contribution >= 0.6 is 0 Å². The predicted octanol–water partition coefficient (Wildman–Crippen LogP) is 1.16. The van der Waals surface area contributed by atoms with E-state index in [0.29, 0.717) is 36.9 Å². The number of hydrogen-bond acceptors (Lipinski definition) is 7. The van der Waals surface area contributed by atoms with E-state index in [-0.39, 0.29) is 12.6 Å². The van der Waals surface area contributed by atoms with Crippen molar-refractivity contribution < 1.29 is 17.6 Å². The summed E-state index contributed by atoms with van der Waals surface area (Å²) in [6.07, 6.45) is 1.06. The molecule has 0 saturated carbocycles. The van der Waals surface area contributed by atoms with E-state index in [1.807, 2.05) is 31.2 Å². The number of hydrogen-bond donors (Lipinski definition) is 2. The highest BCUT2D eigenvalue weighted by Crippen LogP contribution is 2.26. The number of sulfonamides is 1. The molecule has 25 heavy (non-hydrogen) atoms. The number of methoxy groups -OCH3 is 1. The van der Waals surface area contributed by atoms with Gasteiger partial charge in [0.25, 0.3) is 0 Å². The predicted molar refractivity (Wildman–Crippen MR) is 91.6 cm³/mol. The highest BCUT2D eigenvalue weighted by atomic mass is 32.2. The van der Waals surface area contributed by atoms with Crippen molar-refractivity contribution in [3.8, 4) is 5.75 Å². The maximum atomic E-state index is 12.5. The molecule has 2 aromatic rings. The molecule has 1 aliphatic rings. The molecule has 0 bridgehead atoms. The summed E-state index contributed by atoms with van der Waals surface area (Å²) in [4.78, 5) is 0. The largest absolute Gasteiger partial charge is 0.497 e. The van der Waals surface area contributed by atoms with Gasteiger partial charge in [-0.2, -0.15) is 0 Å². The summed E-state index contributed by atoms with van der Waals surface area (Å²) in [5, 5.41) is 10.5. The highest BCUT2D eigenvalue weighted by molar-refractivity contribution is 7.90. The summed E-state index contributed by atoms with van der Waals surface area (Å²) in [6, 6.07) is 7.08. The van der Waals surface area contributed by atoms with E-state index in [1.165, 1.54) is 0 Å². The monoisotopic (exact) mass is 366 g/mol. The van der Waals surface area contributed by atoms with Crippen molar-refractivity contribution >= 4 is 10.0 Å². The van der Waals surface area contributed by atoms with Gasteiger partial charge in [0.15, 0.2) is 0 Å². The van der Waals surface area contributed by atoms with Crippen LogP contribution in [0, 0.1) is 0 Å². The van der Waals surface area contributed by atoms with Crippen LogP contribution < -0.4 is 14.8 Å². The molecule has 2 atom stereocenters. The summed E-state index contributed by atoms with van der Waals surface area (Å²) in [6.45, 7) is 2.50. The average molecular weight is 366 g/mol. The third kappa shape index (κ3) is 4.17. The Kier molecular flexibility index (Phi) is 5.36. The molecular weight excluding hydrogens is 344 g/mol. The average Bonchev–Trinajstić information content (AvgIpc) is 3.29. The van der Waals surface area contributed by atoms with E-state index in [9.17, 15) is 8.42 Å². The Morgan fingerprint density at radius 2 is 2.24 bits per heavy atom. The Morgan fingerprint density at radius 3 is 2.96 bits per heavy atom. The van der Waals surface area contributed by atoms with Gasteiger partial charge in [0.2, 0.25) is 21.8 Å². The lowest BCUT2D eigenvalue weighted by atomic mass is 10.2. The van der Waals surface area contributed by atoms with Crippen LogP contribution in [0.3, 0.4) is 0 Å². The molecule has 3 rings (SSSR count). The highest BCUT2D eigenvalue weighted by Gasteiger charge is 2.36. The lowest BCUT2D eigenvalue weighted by Gasteiger charge is -2.12. The normalized spacial score (nSPS) is 20.7. The minimum absolute atomic E-state index is 0.223. The quantitative estimate of drug-likeness (QED) is 0.757. The number of nitrogens with zero attached hydrogens (tertiary/aromatic N) is 2. The molecule has 2 N–H and O–H groups in total. The Bertz CT molecular complexity index is 821. The minimum atomic E-state index is -3.46. The zero-order valence-electron chi connectivity index (χ0n) is 14.2. The number of ether oxygens (including phenoxy) is 1. The van der Waals surface area contributed by atoms with Crippen LogP contribution in [0.25, 0.3) is 0 Å². The molecular formula is C16H22N4O4S. The zero-order valence-corrected chi connectivity index (χ0v) is 15.0. The first-order chi connectivity index (χ1) is 12.0. The summed E-state index contributed by atoms with van der Waals surface area (Å²) < 4.78 is 38.4. The molecule has 0 amide bonds. The molecule has 1 fully saturated rings. The molecule has 1 aromatic heterocycles. The first-order valence-corrected chi connectivity index (χ1v) is 9.73. The molecule has 2 heterocycles. The van der Waals surface area contributed by atoms with Crippen molar-refractivity contribution in [3.05, 3.63) is 41.6 Å². The molecule has 1 aliphatic heterocycles. The fourth-order valence-corrected chi connectivity index (χ4v) is 4.13. The third-order valence-corrected chi connectivity index (χ3v) is 6.01. The van der Waals surface area contributed by atoms with Gasteiger partial charge in [0.1, 0.15) is 5.75 Å². The Balaban J connectivity index is 1.60. The van der Waals surface area contributed by atoms with Crippen LogP contribution in [-0.2, 0) is 23.0 Å². The summed E-state index contributed by atoms with van der Waals surface area (Å²) in [5.74, 6) is 1.70. The van der Waals surface area contributed by atoms with E-state index < -0.39 is 15.3 Å². The van der Waals surface area contributed by atoms with Gasteiger partial charge in [-0.3, -0.25) is 0 Å². The molecule has 0 spiro atoms. The molecule has 1 aromatic carbocycles. The van der Waals surface area contributed by atoms with Gasteiger partial charge >= 0.3 is 0 Å². The minimum Gasteiger partial charge on any atom is -0.497 e. The maximum absolute atomic E-state index is 12.5. The van der Waals surface area contributed by atoms with Gasteiger partial charge < -0.3 is 14.5 Å². The van der Waals surface area contributed by atoms with Gasteiger partial charge in [-0.05, 0) is 24.1 Å². The maximum Gasteiger partial charge on any atom is 0.233 e. The molecule has 8 nitrogen and oxygen atoms in total. The second kappa shape index (κ2) is 7.51. The van der Waals surface area contributed by atoms with Gasteiger partial charge in [-0.25, -0.2) is 13.1 Å². The summed E-state index contributed by atoms with van der Waals surface area (Å²) in [5.41, 5.74) is 0.843. The van der Waals surface area contributed by atoms with Crippen LogP contribution in [0.4, 0.5) is 0 Å². The second-order valence-corrected chi connectivity index (χ2v) is 7.97. The van der Waals surface area contributed by atoms with Crippen molar-refractivity contribution in [1.82, 2.24) is 20.2 Å². The summed E-state index contributed by atoms with van der Waals surface area (Å²) in [7, 11) is -1.88. The van der Waals surface area contributed by atoms with E-state index in [1.54, 1.807) is 7.11 Å². The molecule has 0 aliphatic carbocycles. The van der Waals surface area contributed by atoms with Gasteiger partial charge in [-0.15, -0.1) is 10.2 Å². The van der Waals surface area contributed by atoms with E-state index in [2.05, 4.69) is 20.2 Å². The van der Waals surface area contributed by atoms with Crippen LogP contribution in [0.2, 0.25) is 0 Å². The van der Waals surface area contributed by atoms with Crippen LogP contribution in [0.1, 0.15) is 36.7 Å². The molecule has 9 heteroatoms. The lowest BCUT2D eigenvalue weighted by Crippen LogP contribution is -2.35. The Labute approximate surface area is 147 Å². The first-order valence-electron chi connectivity index (χ1n) is 8.19. The number of rotatable bonds is 7. The number of nitrogens with one attached hydrogen (secondary N) is 2. The topological polar surface area (TPSA) is 106 Å². The van der Waals surface area contributed by atoms with Gasteiger partial charge in [0, 0.05) is 19.5 Å². The van der Waals surface area contributed by atoms with Crippen molar-refractivity contribution in [3.63, 3.8) is 0 Å². The van der Waals surface area contributed by atoms with E-state index >= 15 is 0 Å². The fraction of sp³-hybridized carbons (Fsp3) is 0.500. The summed E-state index contributed by atoms with van der Waals surface area (Å²) >= 11 is 0. The molecule has 1 saturated heterocycles. The van der Waals surface area contributed by atoms with Crippen LogP contribution in [0.5, 0.6) is 5.75 Å². The van der Waals surface area contributed by atoms with Crippen LogP contribution in [0.15, 0.2) is 28.7 Å². The zero-order chi connectivity index (χ0) is 17.9. The fourth-order valence-electron chi connectivity index (χ4n) is 2.76. The molecule has 0 radical (unpaired) electrons. The first kappa shape index (κ1) is 17.8. The van der Waals surface area contributed by atoms with E-state index in [4.69, 9.17) is 9.15 Å². The smallest absolute Gasteiger partial charge is 0.233 e. The van der Waals surface area contributed by atoms with E-state index in [0.717, 1.165) is 5.56 Å². The van der Waals surface area contributed by atoms with Crippen LogP contribution in [-0.4, -0.2) is 37.5 Å². The van der Waals surface area contributed by atoms with Crippen molar-refractivity contribution in [2.45, 2.75) is 37.6 Å². The van der Waals surface area contributed by atoms with Crippen molar-refractivity contribution in [2.75, 3.05) is 13.7 Å². The molecule has 2 unspecified atom stereocenters. The SMILES string of the molecule is CCc1nnc(C2CC(S(=O)(=O)NCc3cccc(OC)c3)CN2)o1. The lowest BCUT2D eigenvalue weighted by molar-refractivity contribution is 0.405. The number of aryl methyl sites for hydroxylation is 1. The number of aromatic nitrogens is 2. The standard InChI is InChI=1S/C16H22N4O4S/c1-3-15-19-20-16(24-15)14-8-13(10-17-14)25(21,22)18-9-11-5-4-6-12(7-11)23-2/h4-7,13-14,17-18H,3,8-10H2,1-2H3. The number of benzene rings is 1. The van der Waals surface area contributed by atoms with Crippen molar-refractivity contribution in [1.29, 1.82) is 0 Å². The molecule has 136 valence electrons. The second-order valence-electron chi connectivity index (χ2n) is 5.92. The Morgan fingerprint density at radius 1 is 1.40 bits per heavy atom.